The summed E-state index contributed by atoms with van der Waals surface area (Å²) in [5, 5.41) is 2.77. The number of rotatable bonds is 5. The molecule has 1 aromatic heterocycles. The van der Waals surface area contributed by atoms with Gasteiger partial charge in [-0.15, -0.1) is 0 Å². The number of nitrogens with two attached hydrogens (primary N) is 1. The molecule has 0 unspecified atom stereocenters. The Kier molecular flexibility index (Phi) is 4.06. The molecule has 5 heteroatoms. The third kappa shape index (κ3) is 3.66. The van der Waals surface area contributed by atoms with Gasteiger partial charge in [-0.1, -0.05) is 12.2 Å². The van der Waals surface area contributed by atoms with Crippen molar-refractivity contribution in [2.45, 2.75) is 32.2 Å². The summed E-state index contributed by atoms with van der Waals surface area (Å²) < 4.78 is 5.13. The molecule has 1 amide bonds. The van der Waals surface area contributed by atoms with Crippen molar-refractivity contribution in [1.29, 1.82) is 0 Å². The Bertz CT molecular complexity index is 371. The molecule has 0 spiro atoms. The van der Waals surface area contributed by atoms with E-state index < -0.39 is 5.54 Å². The van der Waals surface area contributed by atoms with E-state index in [9.17, 15) is 4.79 Å². The van der Waals surface area contributed by atoms with Gasteiger partial charge in [0.05, 0.1) is 16.8 Å². The van der Waals surface area contributed by atoms with E-state index in [1.165, 1.54) is 0 Å². The van der Waals surface area contributed by atoms with E-state index >= 15 is 0 Å². The minimum atomic E-state index is -0.643. The second kappa shape index (κ2) is 5.12. The van der Waals surface area contributed by atoms with Crippen LogP contribution in [0, 0.1) is 0 Å². The van der Waals surface area contributed by atoms with Crippen molar-refractivity contribution in [1.82, 2.24) is 5.32 Å². The SMILES string of the molecule is CC(C)(NC(=O)CCc1ccco1)C(N)=S. The second-order valence-electron chi connectivity index (χ2n) is 4.12. The number of hydrogen-bond donors (Lipinski definition) is 2. The lowest BCUT2D eigenvalue weighted by Crippen LogP contribution is -2.52. The summed E-state index contributed by atoms with van der Waals surface area (Å²) in [6.07, 6.45) is 2.53. The molecule has 0 aliphatic carbocycles. The van der Waals surface area contributed by atoms with Gasteiger partial charge >= 0.3 is 0 Å². The van der Waals surface area contributed by atoms with Crippen LogP contribution in [0.4, 0.5) is 0 Å². The van der Waals surface area contributed by atoms with Gasteiger partial charge in [-0.05, 0) is 26.0 Å². The Balaban J connectivity index is 2.39. The lowest BCUT2D eigenvalue weighted by molar-refractivity contribution is -0.122. The van der Waals surface area contributed by atoms with Gasteiger partial charge in [-0.3, -0.25) is 4.79 Å². The van der Waals surface area contributed by atoms with Crippen LogP contribution >= 0.6 is 12.2 Å². The molecule has 0 bridgehead atoms. The number of hydrogen-bond acceptors (Lipinski definition) is 3. The van der Waals surface area contributed by atoms with Crippen LogP contribution < -0.4 is 11.1 Å². The normalized spacial score (nSPS) is 11.1. The molecular formula is C11H16N2O2S. The minimum absolute atomic E-state index is 0.0887. The van der Waals surface area contributed by atoms with E-state index in [4.69, 9.17) is 22.4 Å². The van der Waals surface area contributed by atoms with Gasteiger partial charge in [0.2, 0.25) is 5.91 Å². The summed E-state index contributed by atoms with van der Waals surface area (Å²) in [7, 11) is 0. The maximum Gasteiger partial charge on any atom is 0.221 e. The van der Waals surface area contributed by atoms with Gasteiger partial charge in [0.15, 0.2) is 0 Å². The van der Waals surface area contributed by atoms with Gasteiger partial charge in [-0.25, -0.2) is 0 Å². The van der Waals surface area contributed by atoms with E-state index in [0.717, 1.165) is 5.76 Å². The van der Waals surface area contributed by atoms with Crippen molar-refractivity contribution in [3.05, 3.63) is 24.2 Å². The van der Waals surface area contributed by atoms with Crippen LogP contribution in [0.15, 0.2) is 22.8 Å². The predicted molar refractivity (Wildman–Crippen MR) is 66.0 cm³/mol. The Morgan fingerprint density at radius 3 is 2.81 bits per heavy atom. The van der Waals surface area contributed by atoms with Crippen molar-refractivity contribution in [3.63, 3.8) is 0 Å². The number of carbonyl (C=O) groups is 1. The zero-order valence-corrected chi connectivity index (χ0v) is 10.3. The Hall–Kier alpha value is -1.36. The molecule has 3 N–H and O–H groups in total. The number of aryl methyl sites for hydroxylation is 1. The van der Waals surface area contributed by atoms with Crippen LogP contribution in [0.5, 0.6) is 0 Å². The summed E-state index contributed by atoms with van der Waals surface area (Å²) in [6, 6.07) is 3.64. The molecule has 88 valence electrons. The van der Waals surface area contributed by atoms with Crippen LogP contribution in [-0.4, -0.2) is 16.4 Å². The fourth-order valence-corrected chi connectivity index (χ4v) is 1.22. The summed E-state index contributed by atoms with van der Waals surface area (Å²) >= 11 is 4.86. The lowest BCUT2D eigenvalue weighted by atomic mass is 10.1. The molecule has 1 heterocycles. The van der Waals surface area contributed by atoms with Crippen LogP contribution in [0.2, 0.25) is 0 Å². The molecule has 0 aliphatic heterocycles. The average Bonchev–Trinajstić information content (AvgIpc) is 2.66. The molecule has 0 saturated carbocycles. The minimum Gasteiger partial charge on any atom is -0.469 e. The van der Waals surface area contributed by atoms with Crippen LogP contribution in [0.1, 0.15) is 26.0 Å². The maximum absolute atomic E-state index is 11.6. The highest BCUT2D eigenvalue weighted by molar-refractivity contribution is 7.80. The van der Waals surface area contributed by atoms with E-state index in [2.05, 4.69) is 5.32 Å². The number of amides is 1. The molecule has 4 nitrogen and oxygen atoms in total. The molecule has 16 heavy (non-hydrogen) atoms. The molecule has 0 aromatic carbocycles. The summed E-state index contributed by atoms with van der Waals surface area (Å²) in [6.45, 7) is 3.56. The van der Waals surface area contributed by atoms with Crippen molar-refractivity contribution < 1.29 is 9.21 Å². The predicted octanol–water partition coefficient (Wildman–Crippen LogP) is 1.39. The molecular weight excluding hydrogens is 224 g/mol. The van der Waals surface area contributed by atoms with Gasteiger partial charge in [0.1, 0.15) is 5.76 Å². The second-order valence-corrected chi connectivity index (χ2v) is 4.56. The first-order chi connectivity index (χ1) is 7.42. The number of thiocarbonyl (C=S) groups is 1. The molecule has 1 rings (SSSR count). The zero-order valence-electron chi connectivity index (χ0n) is 9.45. The summed E-state index contributed by atoms with van der Waals surface area (Å²) in [5.41, 5.74) is 4.86. The Labute approximate surface area is 100 Å². The van der Waals surface area contributed by atoms with Crippen molar-refractivity contribution in [2.75, 3.05) is 0 Å². The smallest absolute Gasteiger partial charge is 0.221 e. The van der Waals surface area contributed by atoms with E-state index in [0.29, 0.717) is 12.8 Å². The Morgan fingerprint density at radius 2 is 2.31 bits per heavy atom. The Morgan fingerprint density at radius 1 is 1.62 bits per heavy atom. The highest BCUT2D eigenvalue weighted by Gasteiger charge is 2.23. The van der Waals surface area contributed by atoms with Gasteiger partial charge < -0.3 is 15.5 Å². The van der Waals surface area contributed by atoms with Crippen LogP contribution in [-0.2, 0) is 11.2 Å². The largest absolute Gasteiger partial charge is 0.469 e. The molecule has 0 aliphatic rings. The maximum atomic E-state index is 11.6. The zero-order chi connectivity index (χ0) is 12.2. The monoisotopic (exact) mass is 240 g/mol. The highest BCUT2D eigenvalue weighted by atomic mass is 32.1. The highest BCUT2D eigenvalue weighted by Crippen LogP contribution is 2.06. The standard InChI is InChI=1S/C11H16N2O2S/c1-11(2,10(12)16)13-9(14)6-5-8-4-3-7-15-8/h3-4,7H,5-6H2,1-2H3,(H2,12,16)(H,13,14). The molecule has 0 fully saturated rings. The summed E-state index contributed by atoms with van der Waals surface area (Å²) in [4.78, 5) is 11.9. The van der Waals surface area contributed by atoms with Crippen molar-refractivity contribution in [2.24, 2.45) is 5.73 Å². The number of furan rings is 1. The number of nitrogens with one attached hydrogen (secondary N) is 1. The van der Waals surface area contributed by atoms with E-state index in [1.54, 1.807) is 26.2 Å². The summed E-state index contributed by atoms with van der Waals surface area (Å²) in [5.74, 6) is 0.706. The van der Waals surface area contributed by atoms with Gasteiger partial charge in [0.25, 0.3) is 0 Å². The van der Waals surface area contributed by atoms with E-state index in [-0.39, 0.29) is 10.9 Å². The fraction of sp³-hybridized carbons (Fsp3) is 0.455. The quantitative estimate of drug-likeness (QED) is 0.763. The first-order valence-electron chi connectivity index (χ1n) is 5.05. The fourth-order valence-electron chi connectivity index (χ4n) is 1.16. The topological polar surface area (TPSA) is 68.3 Å². The molecule has 1 aromatic rings. The van der Waals surface area contributed by atoms with Crippen molar-refractivity contribution >= 4 is 23.1 Å². The lowest BCUT2D eigenvalue weighted by Gasteiger charge is -2.24. The molecule has 0 saturated heterocycles. The third-order valence-corrected chi connectivity index (χ3v) is 2.76. The van der Waals surface area contributed by atoms with E-state index in [1.807, 2.05) is 6.07 Å². The van der Waals surface area contributed by atoms with Crippen molar-refractivity contribution in [3.8, 4) is 0 Å². The third-order valence-electron chi connectivity index (χ3n) is 2.25. The van der Waals surface area contributed by atoms with Crippen LogP contribution in [0.25, 0.3) is 0 Å². The first kappa shape index (κ1) is 12.7. The molecule has 0 atom stereocenters. The van der Waals surface area contributed by atoms with Crippen LogP contribution in [0.3, 0.4) is 0 Å². The molecule has 0 radical (unpaired) electrons. The average molecular weight is 240 g/mol. The first-order valence-corrected chi connectivity index (χ1v) is 5.46. The van der Waals surface area contributed by atoms with Gasteiger partial charge in [-0.2, -0.15) is 0 Å². The number of carbonyl (C=O) groups excluding carboxylic acids is 1. The van der Waals surface area contributed by atoms with Gasteiger partial charge in [0, 0.05) is 12.8 Å².